The molecule has 12 nitrogen and oxygen atoms in total. The molecule has 0 saturated carbocycles. The average molecular weight is 383 g/mol. The monoisotopic (exact) mass is 383 g/mol. The minimum Gasteiger partial charge on any atom is -0.480 e. The van der Waals surface area contributed by atoms with E-state index in [0.717, 1.165) is 4.90 Å². The third-order valence-corrected chi connectivity index (χ3v) is 3.81. The molecule has 2 N–H and O–H groups in total. The minimum absolute atomic E-state index is 0.0464. The number of nitrogens with zero attached hydrogens (tertiary/aromatic N) is 3. The average Bonchev–Trinajstić information content (AvgIpc) is 3.13. The van der Waals surface area contributed by atoms with E-state index in [2.05, 4.69) is 10.2 Å². The lowest BCUT2D eigenvalue weighted by molar-refractivity contribution is -0.757. The van der Waals surface area contributed by atoms with Crippen LogP contribution in [0.2, 0.25) is 0 Å². The van der Waals surface area contributed by atoms with Crippen molar-refractivity contribution in [3.05, 3.63) is 40.2 Å². The Hall–Kier alpha value is -3.44. The van der Waals surface area contributed by atoms with Crippen molar-refractivity contribution in [1.29, 1.82) is 0 Å². The maximum absolute atomic E-state index is 12.1. The number of nitrogens with one attached hydrogen (secondary N) is 1. The Labute approximate surface area is 153 Å². The molecule has 0 aromatic carbocycles. The van der Waals surface area contributed by atoms with Crippen LogP contribution < -0.4 is 9.88 Å². The highest BCUT2D eigenvalue weighted by Gasteiger charge is 2.35. The Kier molecular flexibility index (Phi) is 6.86. The SMILES string of the molecule is O=C(NCCO[N+](=O)[O-])c1ccc[n+](COC(=O)N2CCCC2C(=O)O)c1. The van der Waals surface area contributed by atoms with E-state index in [1.807, 2.05) is 0 Å². The Morgan fingerprint density at radius 2 is 2.22 bits per heavy atom. The lowest BCUT2D eigenvalue weighted by Crippen LogP contribution is -2.44. The van der Waals surface area contributed by atoms with Crippen LogP contribution in [0, 0.1) is 10.1 Å². The molecular weight excluding hydrogens is 364 g/mol. The number of hydrogen-bond donors (Lipinski definition) is 2. The molecule has 12 heteroatoms. The first-order valence-electron chi connectivity index (χ1n) is 8.09. The lowest BCUT2D eigenvalue weighted by atomic mass is 10.2. The zero-order valence-corrected chi connectivity index (χ0v) is 14.3. The van der Waals surface area contributed by atoms with E-state index in [1.54, 1.807) is 12.3 Å². The van der Waals surface area contributed by atoms with E-state index in [9.17, 15) is 24.5 Å². The number of rotatable bonds is 8. The largest absolute Gasteiger partial charge is 0.480 e. The molecule has 0 bridgehead atoms. The highest BCUT2D eigenvalue weighted by molar-refractivity contribution is 5.93. The number of carboxylic acid groups (broad SMARTS) is 1. The zero-order valence-electron chi connectivity index (χ0n) is 14.3. The number of carbonyl (C=O) groups is 3. The first kappa shape index (κ1) is 19.9. The van der Waals surface area contributed by atoms with Crippen molar-refractivity contribution in [2.45, 2.75) is 25.6 Å². The molecule has 1 fully saturated rings. The molecule has 1 unspecified atom stereocenters. The van der Waals surface area contributed by atoms with E-state index in [0.29, 0.717) is 19.4 Å². The fourth-order valence-corrected chi connectivity index (χ4v) is 2.58. The van der Waals surface area contributed by atoms with Crippen molar-refractivity contribution in [1.82, 2.24) is 10.2 Å². The Bertz CT molecular complexity index is 726. The zero-order chi connectivity index (χ0) is 19.8. The number of carbonyl (C=O) groups excluding carboxylic acids is 2. The van der Waals surface area contributed by atoms with Crippen LogP contribution >= 0.6 is 0 Å². The summed E-state index contributed by atoms with van der Waals surface area (Å²) in [4.78, 5) is 50.4. The van der Waals surface area contributed by atoms with Gasteiger partial charge in [-0.05, 0) is 18.9 Å². The van der Waals surface area contributed by atoms with Crippen LogP contribution in [0.4, 0.5) is 4.79 Å². The molecule has 2 amide bonds. The van der Waals surface area contributed by atoms with E-state index in [4.69, 9.17) is 9.84 Å². The summed E-state index contributed by atoms with van der Waals surface area (Å²) in [7, 11) is 0. The molecule has 0 spiro atoms. The molecule has 2 heterocycles. The van der Waals surface area contributed by atoms with Crippen LogP contribution in [0.5, 0.6) is 0 Å². The third-order valence-electron chi connectivity index (χ3n) is 3.81. The first-order valence-corrected chi connectivity index (χ1v) is 8.09. The Balaban J connectivity index is 1.86. The van der Waals surface area contributed by atoms with Gasteiger partial charge in [0.05, 0.1) is 0 Å². The van der Waals surface area contributed by atoms with Crippen molar-refractivity contribution < 1.29 is 38.7 Å². The smallest absolute Gasteiger partial charge is 0.415 e. The second kappa shape index (κ2) is 9.31. The summed E-state index contributed by atoms with van der Waals surface area (Å²) < 4.78 is 6.55. The number of pyridine rings is 1. The first-order chi connectivity index (χ1) is 12.9. The quantitative estimate of drug-likeness (QED) is 0.265. The molecule has 1 aliphatic heterocycles. The normalized spacial score (nSPS) is 15.9. The van der Waals surface area contributed by atoms with Crippen molar-refractivity contribution in [2.24, 2.45) is 0 Å². The van der Waals surface area contributed by atoms with Crippen LogP contribution in [-0.2, 0) is 21.1 Å². The summed E-state index contributed by atoms with van der Waals surface area (Å²) in [6.07, 6.45) is 3.23. The summed E-state index contributed by atoms with van der Waals surface area (Å²) in [5.41, 5.74) is 0.249. The topological polar surface area (TPSA) is 152 Å². The van der Waals surface area contributed by atoms with Gasteiger partial charge in [-0.15, -0.1) is 10.1 Å². The lowest BCUT2D eigenvalue weighted by Gasteiger charge is -2.19. The van der Waals surface area contributed by atoms with Crippen molar-refractivity contribution in [3.63, 3.8) is 0 Å². The second-order valence-electron chi connectivity index (χ2n) is 5.65. The van der Waals surface area contributed by atoms with Gasteiger partial charge in [0, 0.05) is 19.2 Å². The van der Waals surface area contributed by atoms with Gasteiger partial charge in [0.25, 0.3) is 17.7 Å². The molecule has 0 radical (unpaired) electrons. The van der Waals surface area contributed by atoms with Crippen molar-refractivity contribution >= 4 is 18.0 Å². The number of amides is 2. The van der Waals surface area contributed by atoms with Crippen molar-refractivity contribution in [2.75, 3.05) is 19.7 Å². The van der Waals surface area contributed by atoms with E-state index in [1.165, 1.54) is 16.8 Å². The van der Waals surface area contributed by atoms with Crippen LogP contribution in [0.15, 0.2) is 24.5 Å². The van der Waals surface area contributed by atoms with Gasteiger partial charge in [-0.3, -0.25) is 9.69 Å². The van der Waals surface area contributed by atoms with Gasteiger partial charge in [0.15, 0.2) is 12.4 Å². The fourth-order valence-electron chi connectivity index (χ4n) is 2.58. The standard InChI is InChI=1S/C15H18N4O8/c20-13(16-5-8-27-19(24)25)11-3-1-6-17(9-11)10-26-15(23)18-7-2-4-12(18)14(21)22/h1,3,6,9,12H,2,4-5,7-8,10H2,(H-,16,20,21,22)/p+1. The summed E-state index contributed by atoms with van der Waals surface area (Å²) >= 11 is 0. The molecule has 2 rings (SSSR count). The van der Waals surface area contributed by atoms with E-state index in [-0.39, 0.29) is 25.4 Å². The van der Waals surface area contributed by atoms with Gasteiger partial charge < -0.3 is 20.0 Å². The predicted octanol–water partition coefficient (Wildman–Crippen LogP) is -0.445. The number of hydrogen-bond acceptors (Lipinski definition) is 7. The third kappa shape index (κ3) is 5.80. The van der Waals surface area contributed by atoms with Crippen molar-refractivity contribution in [3.8, 4) is 0 Å². The van der Waals surface area contributed by atoms with Gasteiger partial charge in [-0.2, -0.15) is 4.57 Å². The van der Waals surface area contributed by atoms with Gasteiger partial charge >= 0.3 is 12.1 Å². The Morgan fingerprint density at radius 3 is 2.93 bits per heavy atom. The number of ether oxygens (including phenoxy) is 1. The minimum atomic E-state index is -1.07. The summed E-state index contributed by atoms with van der Waals surface area (Å²) in [6.45, 7) is -0.207. The number of aromatic nitrogens is 1. The molecule has 27 heavy (non-hydrogen) atoms. The van der Waals surface area contributed by atoms with Crippen LogP contribution in [-0.4, -0.2) is 58.8 Å². The molecule has 146 valence electrons. The molecule has 1 aromatic heterocycles. The van der Waals surface area contributed by atoms with Crippen LogP contribution in [0.1, 0.15) is 23.2 Å². The number of likely N-dealkylation sites (tertiary alicyclic amines) is 1. The van der Waals surface area contributed by atoms with Gasteiger partial charge in [-0.1, -0.05) is 0 Å². The number of carboxylic acids is 1. The molecule has 1 saturated heterocycles. The Morgan fingerprint density at radius 1 is 1.44 bits per heavy atom. The molecule has 1 aliphatic rings. The summed E-state index contributed by atoms with van der Waals surface area (Å²) in [5, 5.41) is 20.6. The maximum atomic E-state index is 12.1. The van der Waals surface area contributed by atoms with Crippen LogP contribution in [0.25, 0.3) is 0 Å². The summed E-state index contributed by atoms with van der Waals surface area (Å²) in [5.74, 6) is -1.55. The van der Waals surface area contributed by atoms with Gasteiger partial charge in [-0.25, -0.2) is 9.59 Å². The van der Waals surface area contributed by atoms with Gasteiger partial charge in [0.1, 0.15) is 18.2 Å². The maximum Gasteiger partial charge on any atom is 0.415 e. The molecule has 0 aliphatic carbocycles. The number of aliphatic carboxylic acids is 1. The summed E-state index contributed by atoms with van der Waals surface area (Å²) in [6, 6.07) is 2.19. The fraction of sp³-hybridized carbons (Fsp3) is 0.467. The molecule has 1 aromatic rings. The second-order valence-corrected chi connectivity index (χ2v) is 5.65. The van der Waals surface area contributed by atoms with Gasteiger partial charge in [0.2, 0.25) is 0 Å². The van der Waals surface area contributed by atoms with Crippen LogP contribution in [0.3, 0.4) is 0 Å². The van der Waals surface area contributed by atoms with E-state index >= 15 is 0 Å². The molecular formula is C15H19N4O8+. The highest BCUT2D eigenvalue weighted by atomic mass is 16.9. The molecule has 1 atom stereocenters. The van der Waals surface area contributed by atoms with E-state index < -0.39 is 29.1 Å². The highest BCUT2D eigenvalue weighted by Crippen LogP contribution is 2.18. The predicted molar refractivity (Wildman–Crippen MR) is 85.8 cm³/mol.